The van der Waals surface area contributed by atoms with Gasteiger partial charge in [0.2, 0.25) is 0 Å². The van der Waals surface area contributed by atoms with E-state index in [2.05, 4.69) is 11.9 Å². The first-order chi connectivity index (χ1) is 18.5. The Balaban J connectivity index is 2.02. The SMILES string of the molecule is C=CC[C@H]1Cc2cc(F)c(O[C@@H]3CCC[C@H]3NC(=O)OC(C)(C)C)cc2[C@]1(C(=O)OC)N(C)C(=O)OC(C)(C)C. The van der Waals surface area contributed by atoms with E-state index < -0.39 is 52.7 Å². The number of allylic oxidation sites excluding steroid dienone is 1. The molecule has 0 spiro atoms. The first-order valence-corrected chi connectivity index (χ1v) is 13.7. The average molecular weight is 563 g/mol. The number of halogens is 1. The predicted octanol–water partition coefficient (Wildman–Crippen LogP) is 5.63. The number of nitrogens with one attached hydrogen (secondary N) is 1. The summed E-state index contributed by atoms with van der Waals surface area (Å²) in [4.78, 5) is 40.6. The summed E-state index contributed by atoms with van der Waals surface area (Å²) in [5.41, 5.74) is -2.10. The third-order valence-corrected chi connectivity index (χ3v) is 7.20. The zero-order valence-electron chi connectivity index (χ0n) is 24.9. The Hall–Kier alpha value is -3.30. The lowest BCUT2D eigenvalue weighted by atomic mass is 9.80. The van der Waals surface area contributed by atoms with Crippen LogP contribution in [0.5, 0.6) is 5.75 Å². The Morgan fingerprint density at radius 2 is 1.77 bits per heavy atom. The van der Waals surface area contributed by atoms with Crippen molar-refractivity contribution in [2.45, 2.75) is 103 Å². The van der Waals surface area contributed by atoms with Crippen molar-refractivity contribution in [3.05, 3.63) is 41.7 Å². The van der Waals surface area contributed by atoms with Crippen LogP contribution in [0.25, 0.3) is 0 Å². The fraction of sp³-hybridized carbons (Fsp3) is 0.633. The second-order valence-electron chi connectivity index (χ2n) is 12.5. The van der Waals surface area contributed by atoms with E-state index in [0.29, 0.717) is 36.8 Å². The molecule has 0 radical (unpaired) electrons. The molecule has 1 aromatic rings. The van der Waals surface area contributed by atoms with Gasteiger partial charge in [-0.05, 0) is 96.9 Å². The summed E-state index contributed by atoms with van der Waals surface area (Å²) >= 11 is 0. The molecule has 1 aromatic carbocycles. The molecule has 2 amide bonds. The molecule has 2 aliphatic carbocycles. The van der Waals surface area contributed by atoms with Gasteiger partial charge in [-0.2, -0.15) is 0 Å². The molecule has 1 N–H and O–H groups in total. The van der Waals surface area contributed by atoms with Gasteiger partial charge in [-0.15, -0.1) is 6.58 Å². The van der Waals surface area contributed by atoms with Crippen LogP contribution in [0.2, 0.25) is 0 Å². The number of carbonyl (C=O) groups is 3. The predicted molar refractivity (Wildman–Crippen MR) is 148 cm³/mol. The summed E-state index contributed by atoms with van der Waals surface area (Å²) in [5.74, 6) is -1.83. The first kappa shape index (κ1) is 31.2. The van der Waals surface area contributed by atoms with Crippen LogP contribution in [0.1, 0.15) is 78.4 Å². The Bertz CT molecular complexity index is 1140. The molecule has 9 nitrogen and oxygen atoms in total. The number of methoxy groups -OCH3 is 1. The number of rotatable bonds is 7. The van der Waals surface area contributed by atoms with Gasteiger partial charge in [0.1, 0.15) is 17.3 Å². The van der Waals surface area contributed by atoms with E-state index >= 15 is 4.39 Å². The topological polar surface area (TPSA) is 103 Å². The maximum atomic E-state index is 15.5. The lowest BCUT2D eigenvalue weighted by Crippen LogP contribution is -2.57. The second-order valence-corrected chi connectivity index (χ2v) is 12.5. The van der Waals surface area contributed by atoms with E-state index in [1.165, 1.54) is 31.2 Å². The lowest BCUT2D eigenvalue weighted by Gasteiger charge is -2.41. The number of nitrogens with zero attached hydrogens (tertiary/aromatic N) is 1. The van der Waals surface area contributed by atoms with Gasteiger partial charge in [0.25, 0.3) is 0 Å². The molecule has 2 aliphatic rings. The maximum absolute atomic E-state index is 15.5. The minimum absolute atomic E-state index is 0.0771. The molecule has 40 heavy (non-hydrogen) atoms. The van der Waals surface area contributed by atoms with Crippen molar-refractivity contribution in [1.29, 1.82) is 0 Å². The van der Waals surface area contributed by atoms with E-state index in [4.69, 9.17) is 18.9 Å². The van der Waals surface area contributed by atoms with Gasteiger partial charge >= 0.3 is 18.2 Å². The number of likely N-dealkylation sites (N-methyl/N-ethyl adjacent to an activating group) is 1. The van der Waals surface area contributed by atoms with Crippen molar-refractivity contribution in [2.24, 2.45) is 5.92 Å². The van der Waals surface area contributed by atoms with Crippen LogP contribution in [0, 0.1) is 11.7 Å². The molecule has 0 aromatic heterocycles. The number of amides is 2. The lowest BCUT2D eigenvalue weighted by molar-refractivity contribution is -0.158. The van der Waals surface area contributed by atoms with Crippen molar-refractivity contribution >= 4 is 18.2 Å². The molecule has 0 unspecified atom stereocenters. The van der Waals surface area contributed by atoms with Crippen LogP contribution in [0.3, 0.4) is 0 Å². The number of fused-ring (bicyclic) bond motifs is 1. The largest absolute Gasteiger partial charge is 0.485 e. The van der Waals surface area contributed by atoms with Gasteiger partial charge < -0.3 is 24.3 Å². The zero-order valence-corrected chi connectivity index (χ0v) is 24.9. The Morgan fingerprint density at radius 3 is 2.35 bits per heavy atom. The highest BCUT2D eigenvalue weighted by Crippen LogP contribution is 2.50. The van der Waals surface area contributed by atoms with Gasteiger partial charge in [-0.1, -0.05) is 6.08 Å². The molecule has 4 atom stereocenters. The van der Waals surface area contributed by atoms with E-state index in [1.807, 2.05) is 0 Å². The van der Waals surface area contributed by atoms with Crippen LogP contribution < -0.4 is 10.1 Å². The van der Waals surface area contributed by atoms with Crippen LogP contribution in [0.4, 0.5) is 14.0 Å². The van der Waals surface area contributed by atoms with Gasteiger partial charge in [0, 0.05) is 13.0 Å². The Kier molecular flexibility index (Phi) is 9.11. The molecule has 222 valence electrons. The fourth-order valence-electron chi connectivity index (χ4n) is 5.65. The summed E-state index contributed by atoms with van der Waals surface area (Å²) in [5, 5.41) is 2.84. The van der Waals surface area contributed by atoms with Gasteiger partial charge in [-0.3, -0.25) is 4.90 Å². The van der Waals surface area contributed by atoms with Crippen LogP contribution in [-0.2, 0) is 31.0 Å². The third-order valence-electron chi connectivity index (χ3n) is 7.20. The standard InChI is InChI=1S/C30H43FN2O7/c1-10-12-19-15-18-16-21(31)24(38-23-14-11-13-22(23)32-26(35)39-28(2,3)4)17-20(18)30(19,25(34)37-9)33(8)27(36)40-29(5,6)7/h10,16-17,19,22-23H,1,11-15H2,2-9H3,(H,32,35)/t19-,22+,23+,30+/m0/s1. The summed E-state index contributed by atoms with van der Waals surface area (Å²) in [7, 11) is 2.74. The van der Waals surface area contributed by atoms with Crippen molar-refractivity contribution in [2.75, 3.05) is 14.2 Å². The van der Waals surface area contributed by atoms with Crippen molar-refractivity contribution in [3.63, 3.8) is 0 Å². The zero-order chi connectivity index (χ0) is 30.0. The minimum Gasteiger partial charge on any atom is -0.485 e. The van der Waals surface area contributed by atoms with E-state index in [9.17, 15) is 14.4 Å². The van der Waals surface area contributed by atoms with Crippen molar-refractivity contribution < 1.29 is 37.7 Å². The number of carbonyl (C=O) groups excluding carboxylic acids is 3. The maximum Gasteiger partial charge on any atom is 0.411 e. The van der Waals surface area contributed by atoms with Gasteiger partial charge in [-0.25, -0.2) is 18.8 Å². The molecular formula is C30H43FN2O7. The normalized spacial score (nSPS) is 24.1. The second kappa shape index (κ2) is 11.7. The number of hydrogen-bond donors (Lipinski definition) is 1. The number of alkyl carbamates (subject to hydrolysis) is 1. The summed E-state index contributed by atoms with van der Waals surface area (Å²) in [6.07, 6.45) is 2.54. The number of hydrogen-bond acceptors (Lipinski definition) is 7. The molecule has 0 saturated heterocycles. The van der Waals surface area contributed by atoms with Crippen LogP contribution in [-0.4, -0.2) is 60.6 Å². The van der Waals surface area contributed by atoms with Crippen LogP contribution in [0.15, 0.2) is 24.8 Å². The van der Waals surface area contributed by atoms with E-state index in [-0.39, 0.29) is 11.8 Å². The van der Waals surface area contributed by atoms with E-state index in [0.717, 1.165) is 6.42 Å². The molecular weight excluding hydrogens is 519 g/mol. The molecule has 3 rings (SSSR count). The van der Waals surface area contributed by atoms with Gasteiger partial charge in [0.05, 0.1) is 13.2 Å². The number of ether oxygens (including phenoxy) is 4. The highest BCUT2D eigenvalue weighted by molar-refractivity contribution is 5.89. The number of esters is 1. The Morgan fingerprint density at radius 1 is 1.12 bits per heavy atom. The van der Waals surface area contributed by atoms with Crippen molar-refractivity contribution in [1.82, 2.24) is 10.2 Å². The van der Waals surface area contributed by atoms with E-state index in [1.54, 1.807) is 47.6 Å². The molecule has 1 saturated carbocycles. The fourth-order valence-corrected chi connectivity index (χ4v) is 5.65. The third kappa shape index (κ3) is 6.53. The monoisotopic (exact) mass is 562 g/mol. The molecule has 0 heterocycles. The smallest absolute Gasteiger partial charge is 0.411 e. The van der Waals surface area contributed by atoms with Crippen LogP contribution >= 0.6 is 0 Å². The summed E-state index contributed by atoms with van der Waals surface area (Å²) < 4.78 is 37.9. The quantitative estimate of drug-likeness (QED) is 0.261. The minimum atomic E-state index is -1.60. The molecule has 0 aliphatic heterocycles. The highest BCUT2D eigenvalue weighted by Gasteiger charge is 2.58. The molecule has 10 heteroatoms. The Labute approximate surface area is 236 Å². The number of benzene rings is 1. The highest BCUT2D eigenvalue weighted by atomic mass is 19.1. The summed E-state index contributed by atoms with van der Waals surface area (Å²) in [6, 6.07) is 2.44. The molecule has 1 fully saturated rings. The first-order valence-electron chi connectivity index (χ1n) is 13.7. The summed E-state index contributed by atoms with van der Waals surface area (Å²) in [6.45, 7) is 14.4. The average Bonchev–Trinajstić information content (AvgIpc) is 3.38. The van der Waals surface area contributed by atoms with Crippen molar-refractivity contribution in [3.8, 4) is 5.75 Å². The van der Waals surface area contributed by atoms with Gasteiger partial charge in [0.15, 0.2) is 17.1 Å². The molecule has 0 bridgehead atoms.